The molecule has 7 heteroatoms. The number of rotatable bonds is 4. The van der Waals surface area contributed by atoms with Crippen molar-refractivity contribution in [2.24, 2.45) is 0 Å². The van der Waals surface area contributed by atoms with Gasteiger partial charge < -0.3 is 0 Å². The van der Waals surface area contributed by atoms with Gasteiger partial charge in [0.25, 0.3) is 5.56 Å². The fourth-order valence-corrected chi connectivity index (χ4v) is 2.99. The maximum atomic E-state index is 14.1. The van der Waals surface area contributed by atoms with Gasteiger partial charge in [-0.1, -0.05) is 24.3 Å². The Morgan fingerprint density at radius 1 is 0.815 bits per heavy atom. The highest BCUT2D eigenvalue weighted by Gasteiger charge is 2.15. The van der Waals surface area contributed by atoms with Gasteiger partial charge in [-0.3, -0.25) is 18.9 Å². The molecule has 0 radical (unpaired) electrons. The standard InChI is InChI=1S/C20H15FN4O2/c21-16-8-2-1-6-14(16)12-24-17-9-5-11-23-18(17)19(26)25(20(24)27)13-15-7-3-4-10-22-15/h1-11H,12-13H2. The molecule has 4 aromatic rings. The monoisotopic (exact) mass is 362 g/mol. The van der Waals surface area contributed by atoms with Crippen LogP contribution in [0.25, 0.3) is 11.0 Å². The SMILES string of the molecule is O=c1c2ncccc2n(Cc2ccccc2F)c(=O)n1Cc1ccccn1. The van der Waals surface area contributed by atoms with E-state index in [1.807, 2.05) is 0 Å². The summed E-state index contributed by atoms with van der Waals surface area (Å²) < 4.78 is 16.6. The molecule has 0 amide bonds. The van der Waals surface area contributed by atoms with Crippen molar-refractivity contribution in [1.29, 1.82) is 0 Å². The molecule has 4 rings (SSSR count). The Morgan fingerprint density at radius 2 is 1.59 bits per heavy atom. The third-order valence-electron chi connectivity index (χ3n) is 4.32. The highest BCUT2D eigenvalue weighted by molar-refractivity contribution is 5.73. The molecule has 0 unspecified atom stereocenters. The third-order valence-corrected chi connectivity index (χ3v) is 4.32. The van der Waals surface area contributed by atoms with E-state index in [4.69, 9.17) is 0 Å². The summed E-state index contributed by atoms with van der Waals surface area (Å²) in [6, 6.07) is 14.8. The van der Waals surface area contributed by atoms with Crippen molar-refractivity contribution in [2.45, 2.75) is 13.1 Å². The summed E-state index contributed by atoms with van der Waals surface area (Å²) in [4.78, 5) is 34.2. The normalized spacial score (nSPS) is 11.0. The molecule has 3 heterocycles. The Bertz CT molecular complexity index is 1230. The molecule has 0 aliphatic carbocycles. The molecular formula is C20H15FN4O2. The smallest absolute Gasteiger partial charge is 0.287 e. The highest BCUT2D eigenvalue weighted by Crippen LogP contribution is 2.11. The van der Waals surface area contributed by atoms with E-state index in [0.29, 0.717) is 16.8 Å². The van der Waals surface area contributed by atoms with Crippen LogP contribution < -0.4 is 11.2 Å². The summed E-state index contributed by atoms with van der Waals surface area (Å²) in [6.45, 7) is 0.0124. The fourth-order valence-electron chi connectivity index (χ4n) is 2.99. The summed E-state index contributed by atoms with van der Waals surface area (Å²) in [6.07, 6.45) is 3.09. The number of aromatic nitrogens is 4. The molecule has 0 aliphatic rings. The van der Waals surface area contributed by atoms with E-state index in [-0.39, 0.29) is 18.6 Å². The van der Waals surface area contributed by atoms with Crippen LogP contribution in [-0.2, 0) is 13.1 Å². The predicted molar refractivity (Wildman–Crippen MR) is 99.1 cm³/mol. The van der Waals surface area contributed by atoms with E-state index in [1.54, 1.807) is 54.7 Å². The van der Waals surface area contributed by atoms with Crippen LogP contribution >= 0.6 is 0 Å². The van der Waals surface area contributed by atoms with E-state index in [2.05, 4.69) is 9.97 Å². The van der Waals surface area contributed by atoms with E-state index in [0.717, 1.165) is 4.57 Å². The van der Waals surface area contributed by atoms with Gasteiger partial charge in [-0.2, -0.15) is 0 Å². The molecule has 0 aliphatic heterocycles. The van der Waals surface area contributed by atoms with Gasteiger partial charge >= 0.3 is 5.69 Å². The van der Waals surface area contributed by atoms with E-state index < -0.39 is 17.1 Å². The average Bonchev–Trinajstić information content (AvgIpc) is 2.70. The molecule has 0 saturated carbocycles. The predicted octanol–water partition coefficient (Wildman–Crippen LogP) is 2.19. The zero-order chi connectivity index (χ0) is 18.8. The molecule has 0 atom stereocenters. The second-order valence-electron chi connectivity index (χ2n) is 6.04. The number of hydrogen-bond donors (Lipinski definition) is 0. The molecule has 0 N–H and O–H groups in total. The van der Waals surface area contributed by atoms with Gasteiger partial charge in [-0.15, -0.1) is 0 Å². The maximum absolute atomic E-state index is 14.1. The minimum absolute atomic E-state index is 0.00377. The zero-order valence-corrected chi connectivity index (χ0v) is 14.2. The van der Waals surface area contributed by atoms with E-state index >= 15 is 0 Å². The van der Waals surface area contributed by atoms with Crippen LogP contribution in [0.4, 0.5) is 4.39 Å². The van der Waals surface area contributed by atoms with Crippen molar-refractivity contribution < 1.29 is 4.39 Å². The van der Waals surface area contributed by atoms with E-state index in [9.17, 15) is 14.0 Å². The molecule has 1 aromatic carbocycles. The summed E-state index contributed by atoms with van der Waals surface area (Å²) in [7, 11) is 0. The van der Waals surface area contributed by atoms with Crippen LogP contribution in [0.15, 0.2) is 76.6 Å². The summed E-state index contributed by atoms with van der Waals surface area (Å²) in [5.41, 5.74) is 0.426. The van der Waals surface area contributed by atoms with Crippen molar-refractivity contribution in [3.8, 4) is 0 Å². The average molecular weight is 362 g/mol. The molecule has 134 valence electrons. The molecule has 6 nitrogen and oxygen atoms in total. The first-order valence-corrected chi connectivity index (χ1v) is 8.37. The molecule has 0 saturated heterocycles. The number of nitrogens with zero attached hydrogens (tertiary/aromatic N) is 4. The van der Waals surface area contributed by atoms with Crippen LogP contribution in [0.5, 0.6) is 0 Å². The minimum Gasteiger partial charge on any atom is -0.287 e. The highest BCUT2D eigenvalue weighted by atomic mass is 19.1. The maximum Gasteiger partial charge on any atom is 0.332 e. The molecule has 0 fully saturated rings. The number of halogens is 1. The second kappa shape index (κ2) is 6.95. The Balaban J connectivity index is 1.93. The lowest BCUT2D eigenvalue weighted by Crippen LogP contribution is -2.41. The van der Waals surface area contributed by atoms with Crippen LogP contribution in [0.2, 0.25) is 0 Å². The van der Waals surface area contributed by atoms with Crippen molar-refractivity contribution in [3.05, 3.63) is 105 Å². The summed E-state index contributed by atoms with van der Waals surface area (Å²) in [5.74, 6) is -0.413. The molecule has 0 bridgehead atoms. The fraction of sp³-hybridized carbons (Fsp3) is 0.100. The summed E-state index contributed by atoms with van der Waals surface area (Å²) >= 11 is 0. The Hall–Kier alpha value is -3.61. The van der Waals surface area contributed by atoms with Crippen molar-refractivity contribution in [2.75, 3.05) is 0 Å². The van der Waals surface area contributed by atoms with Crippen LogP contribution in [0, 0.1) is 5.82 Å². The molecule has 0 spiro atoms. The molecule has 27 heavy (non-hydrogen) atoms. The van der Waals surface area contributed by atoms with Gasteiger partial charge in [0.2, 0.25) is 0 Å². The first-order chi connectivity index (χ1) is 13.1. The van der Waals surface area contributed by atoms with Crippen molar-refractivity contribution >= 4 is 11.0 Å². The van der Waals surface area contributed by atoms with Crippen LogP contribution in [0.3, 0.4) is 0 Å². The van der Waals surface area contributed by atoms with Gasteiger partial charge in [-0.25, -0.2) is 14.2 Å². The van der Waals surface area contributed by atoms with Crippen molar-refractivity contribution in [1.82, 2.24) is 19.1 Å². The topological polar surface area (TPSA) is 69.8 Å². The largest absolute Gasteiger partial charge is 0.332 e. The second-order valence-corrected chi connectivity index (χ2v) is 6.04. The lowest BCUT2D eigenvalue weighted by Gasteiger charge is -2.14. The Kier molecular flexibility index (Phi) is 4.33. The quantitative estimate of drug-likeness (QED) is 0.558. The Labute approximate surface area is 153 Å². The number of hydrogen-bond acceptors (Lipinski definition) is 4. The lowest BCUT2D eigenvalue weighted by atomic mass is 10.2. The van der Waals surface area contributed by atoms with Gasteiger partial charge in [0.05, 0.1) is 24.3 Å². The number of fused-ring (bicyclic) bond motifs is 1. The van der Waals surface area contributed by atoms with Crippen LogP contribution in [0.1, 0.15) is 11.3 Å². The number of pyridine rings is 2. The first-order valence-electron chi connectivity index (χ1n) is 8.37. The van der Waals surface area contributed by atoms with Crippen molar-refractivity contribution in [3.63, 3.8) is 0 Å². The Morgan fingerprint density at radius 3 is 2.37 bits per heavy atom. The number of benzene rings is 1. The van der Waals surface area contributed by atoms with Gasteiger partial charge in [0.15, 0.2) is 5.52 Å². The van der Waals surface area contributed by atoms with Gasteiger partial charge in [0.1, 0.15) is 5.82 Å². The van der Waals surface area contributed by atoms with E-state index in [1.165, 1.54) is 16.8 Å². The minimum atomic E-state index is -0.533. The third kappa shape index (κ3) is 3.15. The van der Waals surface area contributed by atoms with Gasteiger partial charge in [0, 0.05) is 18.0 Å². The van der Waals surface area contributed by atoms with Gasteiger partial charge in [-0.05, 0) is 30.3 Å². The first kappa shape index (κ1) is 16.8. The summed E-state index contributed by atoms with van der Waals surface area (Å²) in [5, 5.41) is 0. The molecular weight excluding hydrogens is 347 g/mol. The zero-order valence-electron chi connectivity index (χ0n) is 14.2. The lowest BCUT2D eigenvalue weighted by molar-refractivity contribution is 0.581. The van der Waals surface area contributed by atoms with Crippen LogP contribution in [-0.4, -0.2) is 19.1 Å². The molecule has 3 aromatic heterocycles.